The fourth-order valence-electron chi connectivity index (χ4n) is 3.99. The average Bonchev–Trinajstić information content (AvgIpc) is 3.02. The molecule has 0 bridgehead atoms. The molecule has 3 heterocycles. The van der Waals surface area contributed by atoms with E-state index < -0.39 is 0 Å². The molecule has 0 spiro atoms. The fourth-order valence-corrected chi connectivity index (χ4v) is 3.99. The van der Waals surface area contributed by atoms with Crippen molar-refractivity contribution in [3.63, 3.8) is 0 Å². The van der Waals surface area contributed by atoms with Gasteiger partial charge in [0.05, 0.1) is 18.2 Å². The number of aromatic nitrogens is 2. The van der Waals surface area contributed by atoms with Crippen molar-refractivity contribution in [3.8, 4) is 0 Å². The van der Waals surface area contributed by atoms with Crippen molar-refractivity contribution >= 4 is 11.8 Å². The molecule has 24 heavy (non-hydrogen) atoms. The van der Waals surface area contributed by atoms with Crippen LogP contribution in [0.25, 0.3) is 0 Å². The summed E-state index contributed by atoms with van der Waals surface area (Å²) in [7, 11) is 5.60. The molecule has 1 N–H and O–H groups in total. The van der Waals surface area contributed by atoms with Gasteiger partial charge in [-0.2, -0.15) is 5.10 Å². The van der Waals surface area contributed by atoms with E-state index in [1.165, 1.54) is 0 Å². The van der Waals surface area contributed by atoms with Crippen molar-refractivity contribution in [1.82, 2.24) is 24.9 Å². The molecule has 2 aliphatic rings. The molecule has 2 fully saturated rings. The third kappa shape index (κ3) is 3.17. The highest BCUT2D eigenvalue weighted by atomic mass is 16.2. The molecule has 1 aromatic rings. The number of likely N-dealkylation sites (tertiary alicyclic amines) is 2. The summed E-state index contributed by atoms with van der Waals surface area (Å²) in [5.41, 5.74) is 0.938. The molecular formula is C17H27N5O2. The van der Waals surface area contributed by atoms with Gasteiger partial charge in [-0.3, -0.25) is 14.3 Å². The van der Waals surface area contributed by atoms with Crippen LogP contribution >= 0.6 is 0 Å². The highest BCUT2D eigenvalue weighted by molar-refractivity contribution is 5.85. The number of carbonyl (C=O) groups is 2. The lowest BCUT2D eigenvalue weighted by molar-refractivity contribution is -0.147. The van der Waals surface area contributed by atoms with E-state index in [1.807, 2.05) is 25.2 Å². The smallest absolute Gasteiger partial charge is 0.228 e. The minimum absolute atomic E-state index is 0.0969. The minimum Gasteiger partial charge on any atom is -0.341 e. The van der Waals surface area contributed by atoms with Gasteiger partial charge < -0.3 is 15.1 Å². The number of likely N-dealkylation sites (N-methyl/N-ethyl adjacent to an activating group) is 1. The van der Waals surface area contributed by atoms with E-state index in [1.54, 1.807) is 22.8 Å². The van der Waals surface area contributed by atoms with E-state index in [9.17, 15) is 9.59 Å². The molecule has 7 heteroatoms. The number of hydrogen-bond donors (Lipinski definition) is 1. The average molecular weight is 333 g/mol. The van der Waals surface area contributed by atoms with E-state index >= 15 is 0 Å². The summed E-state index contributed by atoms with van der Waals surface area (Å²) in [6.45, 7) is 1.56. The van der Waals surface area contributed by atoms with E-state index in [-0.39, 0.29) is 23.8 Å². The Morgan fingerprint density at radius 1 is 1.33 bits per heavy atom. The maximum absolute atomic E-state index is 13.2. The van der Waals surface area contributed by atoms with E-state index in [0.29, 0.717) is 18.9 Å². The lowest BCUT2D eigenvalue weighted by Crippen LogP contribution is -2.52. The van der Waals surface area contributed by atoms with Crippen LogP contribution < -0.4 is 5.32 Å². The molecule has 0 aliphatic carbocycles. The summed E-state index contributed by atoms with van der Waals surface area (Å²) in [5.74, 6) is 0.0790. The third-order valence-electron chi connectivity index (χ3n) is 5.39. The quantitative estimate of drug-likeness (QED) is 0.876. The van der Waals surface area contributed by atoms with Crippen molar-refractivity contribution < 1.29 is 9.59 Å². The van der Waals surface area contributed by atoms with Crippen molar-refractivity contribution in [3.05, 3.63) is 18.0 Å². The lowest BCUT2D eigenvalue weighted by atomic mass is 9.84. The molecule has 132 valence electrons. The van der Waals surface area contributed by atoms with Crippen molar-refractivity contribution in [2.24, 2.45) is 13.0 Å². The number of hydrogen-bond acceptors (Lipinski definition) is 4. The van der Waals surface area contributed by atoms with Gasteiger partial charge in [-0.15, -0.1) is 0 Å². The highest BCUT2D eigenvalue weighted by Gasteiger charge is 2.41. The summed E-state index contributed by atoms with van der Waals surface area (Å²) in [6, 6.07) is 0.143. The first-order valence-corrected chi connectivity index (χ1v) is 8.71. The van der Waals surface area contributed by atoms with E-state index in [0.717, 1.165) is 31.5 Å². The zero-order valence-corrected chi connectivity index (χ0v) is 14.7. The molecule has 2 amide bonds. The number of piperidine rings is 2. The molecule has 0 aromatic carbocycles. The largest absolute Gasteiger partial charge is 0.341 e. The lowest BCUT2D eigenvalue weighted by Gasteiger charge is -2.41. The van der Waals surface area contributed by atoms with Crippen LogP contribution in [-0.4, -0.2) is 64.6 Å². The van der Waals surface area contributed by atoms with Crippen LogP contribution in [0.1, 0.15) is 37.3 Å². The summed E-state index contributed by atoms with van der Waals surface area (Å²) < 4.78 is 1.72. The van der Waals surface area contributed by atoms with Gasteiger partial charge in [-0.05, 0) is 26.3 Å². The second-order valence-electron chi connectivity index (χ2n) is 6.95. The molecule has 2 aliphatic heterocycles. The van der Waals surface area contributed by atoms with Gasteiger partial charge in [0.1, 0.15) is 0 Å². The van der Waals surface area contributed by atoms with Crippen LogP contribution in [0.15, 0.2) is 12.4 Å². The number of aryl methyl sites for hydroxylation is 1. The van der Waals surface area contributed by atoms with Gasteiger partial charge in [0, 0.05) is 51.4 Å². The zero-order chi connectivity index (χ0) is 17.3. The molecule has 3 rings (SSSR count). The van der Waals surface area contributed by atoms with Crippen molar-refractivity contribution in [1.29, 1.82) is 0 Å². The Morgan fingerprint density at radius 2 is 2.12 bits per heavy atom. The maximum atomic E-state index is 13.2. The maximum Gasteiger partial charge on any atom is 0.228 e. The predicted molar refractivity (Wildman–Crippen MR) is 90.1 cm³/mol. The summed E-state index contributed by atoms with van der Waals surface area (Å²) in [5, 5.41) is 7.51. The van der Waals surface area contributed by atoms with Gasteiger partial charge in [0.25, 0.3) is 0 Å². The minimum atomic E-state index is -0.220. The first kappa shape index (κ1) is 17.0. The number of amides is 2. The van der Waals surface area contributed by atoms with E-state index in [4.69, 9.17) is 0 Å². The van der Waals surface area contributed by atoms with Crippen LogP contribution in [0.2, 0.25) is 0 Å². The molecule has 3 atom stereocenters. The first-order chi connectivity index (χ1) is 11.5. The Balaban J connectivity index is 1.83. The summed E-state index contributed by atoms with van der Waals surface area (Å²) in [4.78, 5) is 29.1. The topological polar surface area (TPSA) is 70.5 Å². The summed E-state index contributed by atoms with van der Waals surface area (Å²) in [6.07, 6.45) is 6.86. The van der Waals surface area contributed by atoms with Crippen molar-refractivity contribution in [2.45, 2.75) is 37.8 Å². The molecule has 1 aromatic heterocycles. The second-order valence-corrected chi connectivity index (χ2v) is 6.95. The third-order valence-corrected chi connectivity index (χ3v) is 5.39. The molecule has 7 nitrogen and oxygen atoms in total. The molecule has 2 saturated heterocycles. The monoisotopic (exact) mass is 333 g/mol. The Morgan fingerprint density at radius 3 is 2.79 bits per heavy atom. The van der Waals surface area contributed by atoms with Crippen molar-refractivity contribution in [2.75, 3.05) is 27.2 Å². The Kier molecular flexibility index (Phi) is 4.89. The Hall–Kier alpha value is -1.89. The number of nitrogens with zero attached hydrogens (tertiary/aromatic N) is 4. The second kappa shape index (κ2) is 6.93. The SMILES string of the molecule is CNC1CCCN(C(=O)C2CCC(=O)N(C)C2c2cnn(C)c2)C1. The van der Waals surface area contributed by atoms with Crippen LogP contribution in [0.3, 0.4) is 0 Å². The van der Waals surface area contributed by atoms with Gasteiger partial charge in [-0.1, -0.05) is 0 Å². The van der Waals surface area contributed by atoms with Crippen LogP contribution in [0, 0.1) is 5.92 Å². The first-order valence-electron chi connectivity index (χ1n) is 8.71. The summed E-state index contributed by atoms with van der Waals surface area (Å²) >= 11 is 0. The standard InChI is InChI=1S/C17H27N5O2/c1-18-13-5-4-8-22(11-13)17(24)14-6-7-15(23)21(3)16(14)12-9-19-20(2)10-12/h9-10,13-14,16,18H,4-8,11H2,1-3H3. The van der Waals surface area contributed by atoms with Gasteiger partial charge >= 0.3 is 0 Å². The molecule has 0 saturated carbocycles. The molecule has 0 radical (unpaired) electrons. The van der Waals surface area contributed by atoms with Gasteiger partial charge in [-0.25, -0.2) is 0 Å². The van der Waals surface area contributed by atoms with E-state index in [2.05, 4.69) is 10.4 Å². The van der Waals surface area contributed by atoms with Crippen LogP contribution in [0.5, 0.6) is 0 Å². The predicted octanol–water partition coefficient (Wildman–Crippen LogP) is 0.540. The fraction of sp³-hybridized carbons (Fsp3) is 0.706. The number of nitrogens with one attached hydrogen (secondary N) is 1. The number of rotatable bonds is 3. The highest BCUT2D eigenvalue weighted by Crippen LogP contribution is 2.37. The van der Waals surface area contributed by atoms with Crippen LogP contribution in [-0.2, 0) is 16.6 Å². The Labute approximate surface area is 143 Å². The van der Waals surface area contributed by atoms with Gasteiger partial charge in [0.15, 0.2) is 0 Å². The zero-order valence-electron chi connectivity index (χ0n) is 14.7. The number of carbonyl (C=O) groups excluding carboxylic acids is 2. The van der Waals surface area contributed by atoms with Gasteiger partial charge in [0.2, 0.25) is 11.8 Å². The Bertz CT molecular complexity index is 614. The van der Waals surface area contributed by atoms with Crippen LogP contribution in [0.4, 0.5) is 0 Å². The molecule has 3 unspecified atom stereocenters. The normalized spacial score (nSPS) is 28.3. The molecular weight excluding hydrogens is 306 g/mol.